The summed E-state index contributed by atoms with van der Waals surface area (Å²) in [4.78, 5) is 48.3. The monoisotopic (exact) mass is 399 g/mol. The first-order valence-electron chi connectivity index (χ1n) is 7.73. The summed E-state index contributed by atoms with van der Waals surface area (Å²) in [7, 11) is 0. The Morgan fingerprint density at radius 1 is 1.46 bits per heavy atom. The van der Waals surface area contributed by atoms with Crippen LogP contribution in [0.3, 0.4) is 0 Å². The Bertz CT molecular complexity index is 921. The number of carboxylic acid groups (broad SMARTS) is 1. The van der Waals surface area contributed by atoms with Gasteiger partial charge in [0.05, 0.1) is 0 Å². The van der Waals surface area contributed by atoms with E-state index in [9.17, 15) is 24.3 Å². The Kier molecular flexibility index (Phi) is 4.99. The summed E-state index contributed by atoms with van der Waals surface area (Å²) in [5.41, 5.74) is 4.67. The minimum atomic E-state index is -1.19. The number of aliphatic carboxylic acids is 1. The van der Waals surface area contributed by atoms with Gasteiger partial charge in [-0.25, -0.2) is 9.89 Å². The van der Waals surface area contributed by atoms with Gasteiger partial charge in [-0.1, -0.05) is 11.8 Å². The van der Waals surface area contributed by atoms with Crippen LogP contribution in [0.2, 0.25) is 0 Å². The highest BCUT2D eigenvalue weighted by atomic mass is 32.2. The molecule has 1 aromatic rings. The third-order valence-electron chi connectivity index (χ3n) is 4.06. The average Bonchev–Trinajstić information content (AvgIpc) is 2.60. The molecule has 1 aromatic heterocycles. The van der Waals surface area contributed by atoms with Crippen LogP contribution in [-0.4, -0.2) is 59.6 Å². The second-order valence-corrected chi connectivity index (χ2v) is 8.13. The van der Waals surface area contributed by atoms with E-state index in [1.54, 1.807) is 13.8 Å². The van der Waals surface area contributed by atoms with Gasteiger partial charge in [-0.2, -0.15) is 0 Å². The van der Waals surface area contributed by atoms with Crippen LogP contribution in [0.15, 0.2) is 26.0 Å². The standard InChI is InChI=1S/C14H17N5O5S2/c1-5(2)18-11(22)9(20)16-17-14(18)26-4-6-3-25-12-7(15)10(21)19(12)8(6)13(23)24/h5,7,12H,3-4,15H2,1-2H3,(H,16,20)(H,23,24)/t7?,12-/m1/s1. The summed E-state index contributed by atoms with van der Waals surface area (Å²) < 4.78 is 1.26. The van der Waals surface area contributed by atoms with E-state index in [0.717, 1.165) is 11.8 Å². The van der Waals surface area contributed by atoms with Crippen molar-refractivity contribution in [3.05, 3.63) is 32.0 Å². The quantitative estimate of drug-likeness (QED) is 0.328. The van der Waals surface area contributed by atoms with Crippen molar-refractivity contribution in [2.75, 3.05) is 11.5 Å². The third kappa shape index (κ3) is 2.97. The molecule has 0 spiro atoms. The van der Waals surface area contributed by atoms with Crippen molar-refractivity contribution in [3.63, 3.8) is 0 Å². The molecule has 10 nitrogen and oxygen atoms in total. The molecule has 0 aliphatic carbocycles. The van der Waals surface area contributed by atoms with Crippen LogP contribution in [0, 0.1) is 0 Å². The Balaban J connectivity index is 1.91. The molecule has 1 fully saturated rings. The number of carboxylic acids is 1. The van der Waals surface area contributed by atoms with Crippen molar-refractivity contribution in [2.45, 2.75) is 36.5 Å². The zero-order chi connectivity index (χ0) is 19.2. The lowest BCUT2D eigenvalue weighted by Crippen LogP contribution is -2.68. The van der Waals surface area contributed by atoms with Gasteiger partial charge in [-0.05, 0) is 19.4 Å². The molecule has 26 heavy (non-hydrogen) atoms. The summed E-state index contributed by atoms with van der Waals surface area (Å²) in [5.74, 6) is -0.984. The van der Waals surface area contributed by atoms with Crippen LogP contribution in [0.5, 0.6) is 0 Å². The molecule has 3 rings (SSSR count). The van der Waals surface area contributed by atoms with Gasteiger partial charge in [0, 0.05) is 17.5 Å². The van der Waals surface area contributed by atoms with Crippen molar-refractivity contribution < 1.29 is 14.7 Å². The van der Waals surface area contributed by atoms with E-state index in [0.29, 0.717) is 11.3 Å². The fourth-order valence-electron chi connectivity index (χ4n) is 2.80. The minimum absolute atomic E-state index is 0.0594. The molecule has 1 saturated heterocycles. The Hall–Kier alpha value is -2.05. The molecule has 1 amide bonds. The normalized spacial score (nSPS) is 22.5. The molecular formula is C14H17N5O5S2. The van der Waals surface area contributed by atoms with Crippen LogP contribution < -0.4 is 16.9 Å². The lowest BCUT2D eigenvalue weighted by molar-refractivity contribution is -0.147. The topological polar surface area (TPSA) is 151 Å². The number of hydrogen-bond acceptors (Lipinski definition) is 8. The molecule has 140 valence electrons. The number of nitrogens with two attached hydrogens (primary N) is 1. The number of rotatable bonds is 5. The molecule has 2 aliphatic heterocycles. The SMILES string of the molecule is CC(C)n1c(SCC2=C(C(=O)O)N3C(=O)C(N)[C@H]3SC2)n[nH]c(=O)c1=O. The highest BCUT2D eigenvalue weighted by Gasteiger charge is 2.51. The number of β-lactam (4-membered cyclic amide) rings is 1. The van der Waals surface area contributed by atoms with E-state index in [1.165, 1.54) is 21.2 Å². The summed E-state index contributed by atoms with van der Waals surface area (Å²) >= 11 is 2.54. The lowest BCUT2D eigenvalue weighted by atomic mass is 10.0. The highest BCUT2D eigenvalue weighted by molar-refractivity contribution is 8.01. The average molecular weight is 399 g/mol. The number of aromatic nitrogens is 3. The van der Waals surface area contributed by atoms with E-state index in [1.807, 2.05) is 0 Å². The highest BCUT2D eigenvalue weighted by Crippen LogP contribution is 2.40. The number of hydrogen-bond donors (Lipinski definition) is 3. The summed E-state index contributed by atoms with van der Waals surface area (Å²) in [5, 5.41) is 15.5. The number of carbonyl (C=O) groups excluding carboxylic acids is 1. The fourth-order valence-corrected chi connectivity index (χ4v) is 5.30. The Morgan fingerprint density at radius 2 is 2.15 bits per heavy atom. The third-order valence-corrected chi connectivity index (χ3v) is 6.45. The smallest absolute Gasteiger partial charge is 0.352 e. The van der Waals surface area contributed by atoms with E-state index < -0.39 is 29.0 Å². The summed E-state index contributed by atoms with van der Waals surface area (Å²) in [6.07, 6.45) is 0. The number of amides is 1. The van der Waals surface area contributed by atoms with Crippen LogP contribution in [0.25, 0.3) is 0 Å². The van der Waals surface area contributed by atoms with Crippen molar-refractivity contribution in [1.82, 2.24) is 19.7 Å². The van der Waals surface area contributed by atoms with Gasteiger partial charge < -0.3 is 10.8 Å². The predicted molar refractivity (Wildman–Crippen MR) is 96.0 cm³/mol. The minimum Gasteiger partial charge on any atom is -0.477 e. The van der Waals surface area contributed by atoms with Gasteiger partial charge in [0.25, 0.3) is 0 Å². The first kappa shape index (κ1) is 18.7. The van der Waals surface area contributed by atoms with Gasteiger partial charge in [-0.15, -0.1) is 16.9 Å². The van der Waals surface area contributed by atoms with Gasteiger partial charge in [-0.3, -0.25) is 23.9 Å². The number of aromatic amines is 1. The van der Waals surface area contributed by atoms with E-state index >= 15 is 0 Å². The van der Waals surface area contributed by atoms with Crippen molar-refractivity contribution in [1.29, 1.82) is 0 Å². The van der Waals surface area contributed by atoms with Gasteiger partial charge in [0.15, 0.2) is 5.16 Å². The van der Waals surface area contributed by atoms with Gasteiger partial charge in [0.1, 0.15) is 17.1 Å². The van der Waals surface area contributed by atoms with Crippen molar-refractivity contribution in [3.8, 4) is 0 Å². The molecule has 0 radical (unpaired) electrons. The van der Waals surface area contributed by atoms with Gasteiger partial charge in [0.2, 0.25) is 5.91 Å². The first-order valence-corrected chi connectivity index (χ1v) is 9.77. The van der Waals surface area contributed by atoms with E-state index in [-0.39, 0.29) is 28.0 Å². The summed E-state index contributed by atoms with van der Waals surface area (Å²) in [6, 6.07) is -0.969. The molecule has 2 atom stereocenters. The maximum Gasteiger partial charge on any atom is 0.352 e. The Labute approximate surface area is 155 Å². The van der Waals surface area contributed by atoms with E-state index in [4.69, 9.17) is 5.73 Å². The predicted octanol–water partition coefficient (Wildman–Crippen LogP) is -0.814. The number of H-pyrrole nitrogens is 1. The second-order valence-electron chi connectivity index (χ2n) is 6.09. The number of nitrogens with one attached hydrogen (secondary N) is 1. The molecule has 2 aliphatic rings. The van der Waals surface area contributed by atoms with Crippen LogP contribution >= 0.6 is 23.5 Å². The zero-order valence-electron chi connectivity index (χ0n) is 14.0. The van der Waals surface area contributed by atoms with Crippen LogP contribution in [0.1, 0.15) is 19.9 Å². The number of fused-ring (bicyclic) bond motifs is 1. The largest absolute Gasteiger partial charge is 0.477 e. The van der Waals surface area contributed by atoms with Crippen LogP contribution in [-0.2, 0) is 9.59 Å². The molecule has 0 saturated carbocycles. The molecule has 4 N–H and O–H groups in total. The lowest BCUT2D eigenvalue weighted by Gasteiger charge is -2.48. The Morgan fingerprint density at radius 3 is 2.77 bits per heavy atom. The number of carbonyl (C=O) groups is 2. The van der Waals surface area contributed by atoms with Gasteiger partial charge >= 0.3 is 17.1 Å². The second kappa shape index (κ2) is 6.93. The maximum absolute atomic E-state index is 12.0. The molecule has 0 aromatic carbocycles. The fraction of sp³-hybridized carbons (Fsp3) is 0.500. The molecular weight excluding hydrogens is 382 g/mol. The first-order chi connectivity index (χ1) is 12.2. The van der Waals surface area contributed by atoms with Crippen molar-refractivity contribution >= 4 is 35.4 Å². The van der Waals surface area contributed by atoms with Crippen molar-refractivity contribution in [2.24, 2.45) is 5.73 Å². The molecule has 12 heteroatoms. The number of nitrogens with zero attached hydrogens (tertiary/aromatic N) is 3. The molecule has 3 heterocycles. The zero-order valence-corrected chi connectivity index (χ0v) is 15.6. The molecule has 1 unspecified atom stereocenters. The van der Waals surface area contributed by atoms with Crippen LogP contribution in [0.4, 0.5) is 0 Å². The maximum atomic E-state index is 12.0. The van der Waals surface area contributed by atoms with E-state index in [2.05, 4.69) is 10.2 Å². The summed E-state index contributed by atoms with van der Waals surface area (Å²) in [6.45, 7) is 3.49. The molecule has 0 bridgehead atoms. The number of thioether (sulfide) groups is 2.